The Balaban J connectivity index is 2.11. The minimum absolute atomic E-state index is 0.241. The summed E-state index contributed by atoms with van der Waals surface area (Å²) in [5.74, 6) is 1.33. The Kier molecular flexibility index (Phi) is 3.64. The summed E-state index contributed by atoms with van der Waals surface area (Å²) in [6.45, 7) is 3.19. The SMILES string of the molecule is CC(CCO)CNc1nc2ccccc2n1C. The van der Waals surface area contributed by atoms with Crippen LogP contribution >= 0.6 is 0 Å². The minimum Gasteiger partial charge on any atom is -0.396 e. The molecule has 0 aliphatic heterocycles. The van der Waals surface area contributed by atoms with Gasteiger partial charge >= 0.3 is 0 Å². The number of aliphatic hydroxyl groups is 1. The first-order valence-corrected chi connectivity index (χ1v) is 5.98. The van der Waals surface area contributed by atoms with Gasteiger partial charge in [-0.05, 0) is 24.5 Å². The molecule has 0 radical (unpaired) electrons. The van der Waals surface area contributed by atoms with Gasteiger partial charge in [-0.15, -0.1) is 0 Å². The van der Waals surface area contributed by atoms with Crippen LogP contribution in [-0.4, -0.2) is 27.8 Å². The van der Waals surface area contributed by atoms with E-state index in [2.05, 4.69) is 27.9 Å². The van der Waals surface area contributed by atoms with Crippen molar-refractivity contribution in [3.63, 3.8) is 0 Å². The summed E-state index contributed by atoms with van der Waals surface area (Å²) in [6, 6.07) is 8.08. The molecule has 0 aliphatic carbocycles. The second-order valence-corrected chi connectivity index (χ2v) is 4.48. The molecule has 0 saturated carbocycles. The lowest BCUT2D eigenvalue weighted by atomic mass is 10.1. The van der Waals surface area contributed by atoms with Gasteiger partial charge in [0.05, 0.1) is 11.0 Å². The van der Waals surface area contributed by atoms with E-state index in [1.807, 2.05) is 25.2 Å². The van der Waals surface area contributed by atoms with E-state index in [1.165, 1.54) is 0 Å². The molecular formula is C13H19N3O. The molecule has 1 aromatic heterocycles. The van der Waals surface area contributed by atoms with Gasteiger partial charge in [0.2, 0.25) is 5.95 Å². The Labute approximate surface area is 101 Å². The Hall–Kier alpha value is -1.55. The largest absolute Gasteiger partial charge is 0.396 e. The van der Waals surface area contributed by atoms with E-state index < -0.39 is 0 Å². The van der Waals surface area contributed by atoms with Crippen LogP contribution in [0.2, 0.25) is 0 Å². The van der Waals surface area contributed by atoms with E-state index >= 15 is 0 Å². The molecule has 0 fully saturated rings. The van der Waals surface area contributed by atoms with Crippen LogP contribution in [0.15, 0.2) is 24.3 Å². The third-order valence-electron chi connectivity index (χ3n) is 3.02. The molecule has 0 spiro atoms. The quantitative estimate of drug-likeness (QED) is 0.830. The van der Waals surface area contributed by atoms with E-state index in [4.69, 9.17) is 5.11 Å². The van der Waals surface area contributed by atoms with Gasteiger partial charge < -0.3 is 15.0 Å². The zero-order valence-electron chi connectivity index (χ0n) is 10.3. The highest BCUT2D eigenvalue weighted by atomic mass is 16.3. The Morgan fingerprint density at radius 1 is 1.41 bits per heavy atom. The van der Waals surface area contributed by atoms with Crippen LogP contribution in [0, 0.1) is 5.92 Å². The molecule has 1 heterocycles. The lowest BCUT2D eigenvalue weighted by Crippen LogP contribution is -2.14. The Bertz CT molecular complexity index is 492. The van der Waals surface area contributed by atoms with Crippen LogP contribution in [0.1, 0.15) is 13.3 Å². The van der Waals surface area contributed by atoms with E-state index in [0.717, 1.165) is 29.9 Å². The first kappa shape index (κ1) is 11.9. The zero-order chi connectivity index (χ0) is 12.3. The molecule has 2 N–H and O–H groups in total. The van der Waals surface area contributed by atoms with Crippen LogP contribution in [0.5, 0.6) is 0 Å². The number of hydrogen-bond donors (Lipinski definition) is 2. The molecule has 4 nitrogen and oxygen atoms in total. The number of aromatic nitrogens is 2. The summed E-state index contributed by atoms with van der Waals surface area (Å²) < 4.78 is 2.06. The molecule has 92 valence electrons. The summed E-state index contributed by atoms with van der Waals surface area (Å²) in [4.78, 5) is 4.53. The lowest BCUT2D eigenvalue weighted by Gasteiger charge is -2.11. The van der Waals surface area contributed by atoms with Crippen molar-refractivity contribution in [3.05, 3.63) is 24.3 Å². The molecule has 17 heavy (non-hydrogen) atoms. The van der Waals surface area contributed by atoms with Crippen LogP contribution < -0.4 is 5.32 Å². The van der Waals surface area contributed by atoms with Gasteiger partial charge in [0, 0.05) is 20.2 Å². The number of rotatable bonds is 5. The third kappa shape index (κ3) is 2.58. The van der Waals surface area contributed by atoms with Crippen molar-refractivity contribution < 1.29 is 5.11 Å². The molecule has 0 amide bonds. The van der Waals surface area contributed by atoms with Crippen molar-refractivity contribution in [2.75, 3.05) is 18.5 Å². The van der Waals surface area contributed by atoms with Crippen LogP contribution in [0.25, 0.3) is 11.0 Å². The molecule has 0 aliphatic rings. The number of anilines is 1. The Morgan fingerprint density at radius 3 is 2.88 bits per heavy atom. The number of benzene rings is 1. The van der Waals surface area contributed by atoms with Crippen molar-refractivity contribution >= 4 is 17.0 Å². The standard InChI is InChI=1S/C13H19N3O/c1-10(7-8-17)9-14-13-15-11-5-3-4-6-12(11)16(13)2/h3-6,10,17H,7-9H2,1-2H3,(H,14,15). The molecule has 0 bridgehead atoms. The average Bonchev–Trinajstić information content (AvgIpc) is 2.65. The molecule has 4 heteroatoms. The van der Waals surface area contributed by atoms with E-state index in [9.17, 15) is 0 Å². The molecule has 1 atom stereocenters. The summed E-state index contributed by atoms with van der Waals surface area (Å²) >= 11 is 0. The van der Waals surface area contributed by atoms with Crippen LogP contribution in [0.4, 0.5) is 5.95 Å². The molecule has 1 aromatic carbocycles. The molecular weight excluding hydrogens is 214 g/mol. The van der Waals surface area contributed by atoms with E-state index in [1.54, 1.807) is 0 Å². The average molecular weight is 233 g/mol. The fourth-order valence-corrected chi connectivity index (χ4v) is 1.89. The maximum Gasteiger partial charge on any atom is 0.203 e. The molecule has 0 saturated heterocycles. The number of nitrogens with one attached hydrogen (secondary N) is 1. The van der Waals surface area contributed by atoms with Crippen molar-refractivity contribution in [1.82, 2.24) is 9.55 Å². The number of aryl methyl sites for hydroxylation is 1. The smallest absolute Gasteiger partial charge is 0.203 e. The van der Waals surface area contributed by atoms with E-state index in [0.29, 0.717) is 5.92 Å². The molecule has 1 unspecified atom stereocenters. The fourth-order valence-electron chi connectivity index (χ4n) is 1.89. The number of nitrogens with zero attached hydrogens (tertiary/aromatic N) is 2. The van der Waals surface area contributed by atoms with Crippen molar-refractivity contribution in [3.8, 4) is 0 Å². The first-order valence-electron chi connectivity index (χ1n) is 5.98. The van der Waals surface area contributed by atoms with E-state index in [-0.39, 0.29) is 6.61 Å². The maximum atomic E-state index is 8.85. The summed E-state index contributed by atoms with van der Waals surface area (Å²) in [5, 5.41) is 12.2. The van der Waals surface area contributed by atoms with Crippen LogP contribution in [0.3, 0.4) is 0 Å². The van der Waals surface area contributed by atoms with Gasteiger partial charge in [0.25, 0.3) is 0 Å². The number of fused-ring (bicyclic) bond motifs is 1. The lowest BCUT2D eigenvalue weighted by molar-refractivity contribution is 0.265. The van der Waals surface area contributed by atoms with Gasteiger partial charge in [0.1, 0.15) is 0 Å². The second kappa shape index (κ2) is 5.19. The zero-order valence-corrected chi connectivity index (χ0v) is 10.3. The number of imidazole rings is 1. The summed E-state index contributed by atoms with van der Waals surface area (Å²) in [6.07, 6.45) is 0.816. The highest BCUT2D eigenvalue weighted by Crippen LogP contribution is 2.17. The summed E-state index contributed by atoms with van der Waals surface area (Å²) in [7, 11) is 2.01. The third-order valence-corrected chi connectivity index (χ3v) is 3.02. The number of aliphatic hydroxyl groups excluding tert-OH is 1. The Morgan fingerprint density at radius 2 is 2.18 bits per heavy atom. The minimum atomic E-state index is 0.241. The molecule has 2 aromatic rings. The monoisotopic (exact) mass is 233 g/mol. The van der Waals surface area contributed by atoms with Gasteiger partial charge in [-0.25, -0.2) is 4.98 Å². The van der Waals surface area contributed by atoms with Gasteiger partial charge in [-0.3, -0.25) is 0 Å². The highest BCUT2D eigenvalue weighted by Gasteiger charge is 2.07. The normalized spacial score (nSPS) is 12.9. The predicted octanol–water partition coefficient (Wildman–Crippen LogP) is 2.00. The van der Waals surface area contributed by atoms with Gasteiger partial charge in [-0.1, -0.05) is 19.1 Å². The maximum absolute atomic E-state index is 8.85. The van der Waals surface area contributed by atoms with Crippen molar-refractivity contribution in [1.29, 1.82) is 0 Å². The fraction of sp³-hybridized carbons (Fsp3) is 0.462. The first-order chi connectivity index (χ1) is 8.22. The predicted molar refractivity (Wildman–Crippen MR) is 70.1 cm³/mol. The highest BCUT2D eigenvalue weighted by molar-refractivity contribution is 5.78. The summed E-state index contributed by atoms with van der Waals surface area (Å²) in [5.41, 5.74) is 2.14. The van der Waals surface area contributed by atoms with Gasteiger partial charge in [0.15, 0.2) is 0 Å². The topological polar surface area (TPSA) is 50.1 Å². The van der Waals surface area contributed by atoms with Crippen LogP contribution in [-0.2, 0) is 7.05 Å². The van der Waals surface area contributed by atoms with Gasteiger partial charge in [-0.2, -0.15) is 0 Å². The number of para-hydroxylation sites is 2. The van der Waals surface area contributed by atoms with Crippen molar-refractivity contribution in [2.24, 2.45) is 13.0 Å². The molecule has 2 rings (SSSR count). The second-order valence-electron chi connectivity index (χ2n) is 4.48. The van der Waals surface area contributed by atoms with Crippen molar-refractivity contribution in [2.45, 2.75) is 13.3 Å². The number of hydrogen-bond acceptors (Lipinski definition) is 3.